The number of hydrogen-bond acceptors (Lipinski definition) is 3. The zero-order chi connectivity index (χ0) is 15.9. The summed E-state index contributed by atoms with van der Waals surface area (Å²) in [5, 5.41) is 24.3. The van der Waals surface area contributed by atoms with Crippen LogP contribution < -0.4 is 0 Å². The number of halogens is 1. The maximum Gasteiger partial charge on any atom is 0.268 e. The van der Waals surface area contributed by atoms with Crippen molar-refractivity contribution in [2.75, 3.05) is 0 Å². The highest BCUT2D eigenvalue weighted by molar-refractivity contribution is 6.04. The molecule has 0 saturated heterocycles. The molecule has 0 aromatic heterocycles. The highest BCUT2D eigenvalue weighted by Crippen LogP contribution is 2.36. The van der Waals surface area contributed by atoms with Crippen molar-refractivity contribution in [1.29, 1.82) is 0 Å². The van der Waals surface area contributed by atoms with Crippen molar-refractivity contribution in [3.05, 3.63) is 76.7 Å². The Hall–Kier alpha value is -2.24. The van der Waals surface area contributed by atoms with Crippen LogP contribution in [-0.2, 0) is 0 Å². The minimum Gasteiger partial charge on any atom is -0.622 e. The monoisotopic (exact) mass is 300 g/mol. The molecule has 0 amide bonds. The number of rotatable bonds is 2. The van der Waals surface area contributed by atoms with Gasteiger partial charge in [0.1, 0.15) is 11.4 Å². The van der Waals surface area contributed by atoms with Gasteiger partial charge in [0.25, 0.3) is 6.17 Å². The second-order valence-electron chi connectivity index (χ2n) is 5.87. The van der Waals surface area contributed by atoms with E-state index in [2.05, 4.69) is 0 Å². The lowest BCUT2D eigenvalue weighted by Gasteiger charge is -2.25. The van der Waals surface area contributed by atoms with Gasteiger partial charge in [0, 0.05) is 11.1 Å². The summed E-state index contributed by atoms with van der Waals surface area (Å²) in [6, 6.07) is 14.8. The lowest BCUT2D eigenvalue weighted by atomic mass is 9.93. The van der Waals surface area contributed by atoms with Crippen LogP contribution in [0.5, 0.6) is 0 Å². The molecular formula is C17H17FN2O2. The van der Waals surface area contributed by atoms with Crippen LogP contribution >= 0.6 is 0 Å². The minimum atomic E-state index is -0.897. The van der Waals surface area contributed by atoms with Crippen molar-refractivity contribution < 1.29 is 14.3 Å². The summed E-state index contributed by atoms with van der Waals surface area (Å²) in [5.74, 6) is -0.379. The first-order chi connectivity index (χ1) is 10.4. The van der Waals surface area contributed by atoms with Crippen LogP contribution in [0.25, 0.3) is 0 Å². The van der Waals surface area contributed by atoms with Crippen LogP contribution in [0.1, 0.15) is 31.1 Å². The van der Waals surface area contributed by atoms with Gasteiger partial charge in [0.15, 0.2) is 0 Å². The molecule has 0 bridgehead atoms. The zero-order valence-corrected chi connectivity index (χ0v) is 12.4. The Morgan fingerprint density at radius 1 is 1.09 bits per heavy atom. The van der Waals surface area contributed by atoms with Crippen LogP contribution in [0.2, 0.25) is 0 Å². The fourth-order valence-corrected chi connectivity index (χ4v) is 2.89. The van der Waals surface area contributed by atoms with Gasteiger partial charge >= 0.3 is 0 Å². The predicted molar refractivity (Wildman–Crippen MR) is 81.0 cm³/mol. The fourth-order valence-electron chi connectivity index (χ4n) is 2.89. The Morgan fingerprint density at radius 3 is 2.27 bits per heavy atom. The summed E-state index contributed by atoms with van der Waals surface area (Å²) in [6.45, 7) is 3.56. The van der Waals surface area contributed by atoms with Gasteiger partial charge in [0.2, 0.25) is 5.71 Å². The van der Waals surface area contributed by atoms with E-state index in [1.54, 1.807) is 13.8 Å². The molecule has 2 aromatic carbocycles. The zero-order valence-electron chi connectivity index (χ0n) is 12.4. The summed E-state index contributed by atoms with van der Waals surface area (Å²) in [5.41, 5.74) is 0.913. The van der Waals surface area contributed by atoms with E-state index in [1.807, 2.05) is 30.3 Å². The number of nitrogens with zero attached hydrogens (tertiary/aromatic N) is 2. The van der Waals surface area contributed by atoms with Crippen molar-refractivity contribution in [3.63, 3.8) is 0 Å². The van der Waals surface area contributed by atoms with Crippen LogP contribution in [0.4, 0.5) is 4.39 Å². The van der Waals surface area contributed by atoms with Gasteiger partial charge in [-0.25, -0.2) is 4.39 Å². The topological polar surface area (TPSA) is 49.5 Å². The van der Waals surface area contributed by atoms with E-state index in [4.69, 9.17) is 0 Å². The normalized spacial score (nSPS) is 21.4. The van der Waals surface area contributed by atoms with Crippen LogP contribution in [0.15, 0.2) is 54.6 Å². The summed E-state index contributed by atoms with van der Waals surface area (Å²) in [6.07, 6.45) is -0.897. The molecule has 0 radical (unpaired) electrons. The molecule has 0 saturated carbocycles. The SMILES string of the molecule is CC1(C)C(c2ccccc2)=[N+]([O-])C(c2ccc(F)cc2)N1O. The molecule has 1 atom stereocenters. The Kier molecular flexibility index (Phi) is 3.47. The molecular weight excluding hydrogens is 283 g/mol. The summed E-state index contributed by atoms with van der Waals surface area (Å²) >= 11 is 0. The maximum atomic E-state index is 13.1. The number of hydroxylamine groups is 3. The number of benzene rings is 2. The van der Waals surface area contributed by atoms with E-state index in [-0.39, 0.29) is 5.82 Å². The first-order valence-corrected chi connectivity index (χ1v) is 7.06. The second-order valence-corrected chi connectivity index (χ2v) is 5.87. The Morgan fingerprint density at radius 2 is 1.68 bits per heavy atom. The van der Waals surface area contributed by atoms with Gasteiger partial charge < -0.3 is 10.4 Å². The van der Waals surface area contributed by atoms with Gasteiger partial charge in [-0.05, 0) is 50.2 Å². The van der Waals surface area contributed by atoms with E-state index >= 15 is 0 Å². The molecule has 2 aromatic rings. The van der Waals surface area contributed by atoms with Crippen LogP contribution in [0, 0.1) is 11.0 Å². The van der Waals surface area contributed by atoms with E-state index < -0.39 is 11.7 Å². The summed E-state index contributed by atoms with van der Waals surface area (Å²) in [7, 11) is 0. The Labute approximate surface area is 128 Å². The van der Waals surface area contributed by atoms with E-state index in [1.165, 1.54) is 24.3 Å². The van der Waals surface area contributed by atoms with Crippen molar-refractivity contribution in [3.8, 4) is 0 Å². The van der Waals surface area contributed by atoms with E-state index in [9.17, 15) is 14.8 Å². The predicted octanol–water partition coefficient (Wildman–Crippen LogP) is 3.31. The Balaban J connectivity index is 2.13. The lowest BCUT2D eigenvalue weighted by molar-refractivity contribution is -0.544. The third kappa shape index (κ3) is 2.19. The van der Waals surface area contributed by atoms with Gasteiger partial charge in [-0.2, -0.15) is 4.74 Å². The molecule has 1 heterocycles. The smallest absolute Gasteiger partial charge is 0.268 e. The molecule has 0 spiro atoms. The molecule has 0 fully saturated rings. The van der Waals surface area contributed by atoms with Gasteiger partial charge in [0.05, 0.1) is 0 Å². The minimum absolute atomic E-state index is 0.379. The third-order valence-corrected chi connectivity index (χ3v) is 4.04. The molecule has 1 N–H and O–H groups in total. The van der Waals surface area contributed by atoms with Gasteiger partial charge in [-0.15, -0.1) is 5.06 Å². The Bertz CT molecular complexity index is 711. The van der Waals surface area contributed by atoms with Crippen molar-refractivity contribution in [2.45, 2.75) is 25.6 Å². The quantitative estimate of drug-likeness (QED) is 0.684. The van der Waals surface area contributed by atoms with Crippen molar-refractivity contribution in [2.24, 2.45) is 0 Å². The lowest BCUT2D eigenvalue weighted by Crippen LogP contribution is -2.44. The van der Waals surface area contributed by atoms with Crippen molar-refractivity contribution in [1.82, 2.24) is 5.06 Å². The average molecular weight is 300 g/mol. The first-order valence-electron chi connectivity index (χ1n) is 7.06. The summed E-state index contributed by atoms with van der Waals surface area (Å²) in [4.78, 5) is 0. The molecule has 114 valence electrons. The number of hydrogen-bond donors (Lipinski definition) is 1. The van der Waals surface area contributed by atoms with Crippen LogP contribution in [-0.4, -0.2) is 26.3 Å². The first kappa shape index (κ1) is 14.7. The molecule has 4 nitrogen and oxygen atoms in total. The van der Waals surface area contributed by atoms with Gasteiger partial charge in [-0.3, -0.25) is 0 Å². The fraction of sp³-hybridized carbons (Fsp3) is 0.235. The van der Waals surface area contributed by atoms with E-state index in [0.29, 0.717) is 11.3 Å². The molecule has 0 aliphatic carbocycles. The second kappa shape index (κ2) is 5.19. The maximum absolute atomic E-state index is 13.1. The largest absolute Gasteiger partial charge is 0.622 e. The third-order valence-electron chi connectivity index (χ3n) is 4.04. The highest BCUT2D eigenvalue weighted by atomic mass is 19.1. The highest BCUT2D eigenvalue weighted by Gasteiger charge is 2.52. The van der Waals surface area contributed by atoms with Crippen molar-refractivity contribution >= 4 is 5.71 Å². The standard InChI is InChI=1S/C17H17FN2O2/c1-17(2)15(12-6-4-3-5-7-12)19(21)16(20(17)22)13-8-10-14(18)11-9-13/h3-11,16,22H,1-2H3. The molecule has 1 aliphatic heterocycles. The molecule has 1 aliphatic rings. The van der Waals surface area contributed by atoms with Gasteiger partial charge in [-0.1, -0.05) is 18.2 Å². The molecule has 5 heteroatoms. The molecule has 1 unspecified atom stereocenters. The molecule has 22 heavy (non-hydrogen) atoms. The van der Waals surface area contributed by atoms with Crippen LogP contribution in [0.3, 0.4) is 0 Å². The molecule has 3 rings (SSSR count). The summed E-state index contributed by atoms with van der Waals surface area (Å²) < 4.78 is 13.9. The van der Waals surface area contributed by atoms with E-state index in [0.717, 1.165) is 15.4 Å². The average Bonchev–Trinajstić information content (AvgIpc) is 2.67.